The van der Waals surface area contributed by atoms with Crippen LogP contribution in [0.5, 0.6) is 11.5 Å². The molecule has 0 spiro atoms. The van der Waals surface area contributed by atoms with E-state index in [2.05, 4.69) is 12.2 Å². The Kier molecular flexibility index (Phi) is 7.31. The van der Waals surface area contributed by atoms with Gasteiger partial charge in [-0.15, -0.1) is 11.3 Å². The van der Waals surface area contributed by atoms with Crippen molar-refractivity contribution in [3.05, 3.63) is 45.6 Å². The fraction of sp³-hybridized carbons (Fsp3) is 0.450. The summed E-state index contributed by atoms with van der Waals surface area (Å²) in [5.74, 6) is 1.40. The Morgan fingerprint density at radius 2 is 2.04 bits per heavy atom. The number of carbonyl (C=O) groups is 1. The lowest BCUT2D eigenvalue weighted by molar-refractivity contribution is 0.0943. The predicted octanol–water partition coefficient (Wildman–Crippen LogP) is 5.13. The zero-order valence-corrected chi connectivity index (χ0v) is 16.2. The van der Waals surface area contributed by atoms with Crippen molar-refractivity contribution in [1.29, 1.82) is 0 Å². The average Bonchev–Trinajstić information content (AvgIpc) is 3.04. The smallest absolute Gasteiger partial charge is 0.262 e. The van der Waals surface area contributed by atoms with E-state index in [0.717, 1.165) is 34.6 Å². The largest absolute Gasteiger partial charge is 0.493 e. The van der Waals surface area contributed by atoms with Crippen LogP contribution in [0.15, 0.2) is 29.6 Å². The number of amides is 1. The summed E-state index contributed by atoms with van der Waals surface area (Å²) < 4.78 is 11.3. The first kappa shape index (κ1) is 19.3. The summed E-state index contributed by atoms with van der Waals surface area (Å²) in [5, 5.41) is 4.98. The fourth-order valence-corrected chi connectivity index (χ4v) is 3.39. The maximum Gasteiger partial charge on any atom is 0.262 e. The first-order valence-electron chi connectivity index (χ1n) is 8.72. The summed E-state index contributed by atoms with van der Waals surface area (Å²) in [5.41, 5.74) is 1.99. The van der Waals surface area contributed by atoms with E-state index in [9.17, 15) is 4.79 Å². The number of methoxy groups -OCH3 is 1. The van der Waals surface area contributed by atoms with Gasteiger partial charge in [-0.2, -0.15) is 0 Å². The summed E-state index contributed by atoms with van der Waals surface area (Å²) in [4.78, 5) is 13.1. The van der Waals surface area contributed by atoms with Crippen LogP contribution in [0.25, 0.3) is 0 Å². The summed E-state index contributed by atoms with van der Waals surface area (Å²) >= 11 is 1.46. The van der Waals surface area contributed by atoms with Crippen molar-refractivity contribution >= 4 is 17.2 Å². The minimum absolute atomic E-state index is 0.0427. The molecule has 5 heteroatoms. The molecule has 1 aromatic heterocycles. The minimum Gasteiger partial charge on any atom is -0.493 e. The molecule has 0 aliphatic carbocycles. The molecule has 0 fully saturated rings. The Morgan fingerprint density at radius 1 is 1.24 bits per heavy atom. The number of unbranched alkanes of at least 4 members (excludes halogenated alkanes) is 2. The zero-order chi connectivity index (χ0) is 18.2. The second-order valence-electron chi connectivity index (χ2n) is 6.09. The Balaban J connectivity index is 2.03. The molecular weight excluding hydrogens is 334 g/mol. The van der Waals surface area contributed by atoms with Crippen molar-refractivity contribution in [2.24, 2.45) is 0 Å². The van der Waals surface area contributed by atoms with Crippen LogP contribution in [0, 0.1) is 6.92 Å². The van der Waals surface area contributed by atoms with E-state index in [-0.39, 0.29) is 11.9 Å². The first-order valence-corrected chi connectivity index (χ1v) is 9.60. The van der Waals surface area contributed by atoms with Crippen molar-refractivity contribution < 1.29 is 14.3 Å². The molecule has 0 radical (unpaired) electrons. The molecule has 25 heavy (non-hydrogen) atoms. The molecule has 1 amide bonds. The molecule has 2 aromatic rings. The van der Waals surface area contributed by atoms with E-state index in [1.807, 2.05) is 43.5 Å². The van der Waals surface area contributed by atoms with Crippen LogP contribution in [-0.4, -0.2) is 19.6 Å². The van der Waals surface area contributed by atoms with Crippen molar-refractivity contribution in [3.63, 3.8) is 0 Å². The minimum atomic E-state index is -0.114. The van der Waals surface area contributed by atoms with Gasteiger partial charge < -0.3 is 14.8 Å². The molecule has 0 saturated heterocycles. The third-order valence-corrected chi connectivity index (χ3v) is 5.12. The highest BCUT2D eigenvalue weighted by atomic mass is 32.1. The Hall–Kier alpha value is -2.01. The maximum atomic E-state index is 12.4. The third kappa shape index (κ3) is 5.23. The number of hydrogen-bond donors (Lipinski definition) is 1. The monoisotopic (exact) mass is 361 g/mol. The molecule has 2 rings (SSSR count). The van der Waals surface area contributed by atoms with E-state index in [0.29, 0.717) is 12.4 Å². The lowest BCUT2D eigenvalue weighted by Crippen LogP contribution is -2.26. The molecule has 0 aliphatic heterocycles. The second kappa shape index (κ2) is 9.47. The van der Waals surface area contributed by atoms with E-state index in [1.54, 1.807) is 7.11 Å². The van der Waals surface area contributed by atoms with Gasteiger partial charge in [0, 0.05) is 0 Å². The number of hydrogen-bond acceptors (Lipinski definition) is 4. The maximum absolute atomic E-state index is 12.4. The quantitative estimate of drug-likeness (QED) is 0.630. The summed E-state index contributed by atoms with van der Waals surface area (Å²) in [6.07, 6.45) is 3.36. The van der Waals surface area contributed by atoms with Crippen molar-refractivity contribution in [1.82, 2.24) is 5.32 Å². The Labute approximate surface area is 154 Å². The molecule has 1 unspecified atom stereocenters. The number of aryl methyl sites for hydroxylation is 1. The van der Waals surface area contributed by atoms with Crippen LogP contribution in [0.3, 0.4) is 0 Å². The summed E-state index contributed by atoms with van der Waals surface area (Å²) in [7, 11) is 1.64. The van der Waals surface area contributed by atoms with Crippen LogP contribution >= 0.6 is 11.3 Å². The highest BCUT2D eigenvalue weighted by molar-refractivity contribution is 7.12. The lowest BCUT2D eigenvalue weighted by Gasteiger charge is -2.17. The molecule has 1 heterocycles. The van der Waals surface area contributed by atoms with Crippen LogP contribution < -0.4 is 14.8 Å². The van der Waals surface area contributed by atoms with Crippen molar-refractivity contribution in [2.75, 3.05) is 13.7 Å². The lowest BCUT2D eigenvalue weighted by atomic mass is 10.1. The van der Waals surface area contributed by atoms with Gasteiger partial charge in [-0.25, -0.2) is 0 Å². The molecule has 1 N–H and O–H groups in total. The Bertz CT molecular complexity index is 696. The standard InChI is InChI=1S/C20H27NO3S/c1-5-6-7-11-24-17-9-8-16(13-18(17)23-4)15(3)21-20(22)19-14(2)10-12-25-19/h8-10,12-13,15H,5-7,11H2,1-4H3,(H,21,22). The van der Waals surface area contributed by atoms with Gasteiger partial charge >= 0.3 is 0 Å². The van der Waals surface area contributed by atoms with Gasteiger partial charge in [0.05, 0.1) is 24.6 Å². The number of benzene rings is 1. The number of ether oxygens (including phenoxy) is 2. The van der Waals surface area contributed by atoms with Gasteiger partial charge in [-0.1, -0.05) is 25.8 Å². The molecular formula is C20H27NO3S. The van der Waals surface area contributed by atoms with Gasteiger partial charge in [0.15, 0.2) is 11.5 Å². The van der Waals surface area contributed by atoms with Crippen molar-refractivity contribution in [2.45, 2.75) is 46.1 Å². The third-order valence-electron chi connectivity index (χ3n) is 4.11. The highest BCUT2D eigenvalue weighted by Gasteiger charge is 2.16. The number of rotatable bonds is 9. The highest BCUT2D eigenvalue weighted by Crippen LogP contribution is 2.30. The normalized spacial score (nSPS) is 11.8. The van der Waals surface area contributed by atoms with Gasteiger partial charge in [0.1, 0.15) is 0 Å². The molecule has 1 atom stereocenters. The number of thiophene rings is 1. The summed E-state index contributed by atoms with van der Waals surface area (Å²) in [6, 6.07) is 7.67. The van der Waals surface area contributed by atoms with Crippen molar-refractivity contribution in [3.8, 4) is 11.5 Å². The topological polar surface area (TPSA) is 47.6 Å². The van der Waals surface area contributed by atoms with E-state index >= 15 is 0 Å². The van der Waals surface area contributed by atoms with Gasteiger partial charge in [0.2, 0.25) is 0 Å². The molecule has 0 saturated carbocycles. The predicted molar refractivity (Wildman–Crippen MR) is 103 cm³/mol. The fourth-order valence-electron chi connectivity index (χ4n) is 2.56. The van der Waals surface area contributed by atoms with Crippen LogP contribution in [-0.2, 0) is 0 Å². The summed E-state index contributed by atoms with van der Waals surface area (Å²) in [6.45, 7) is 6.78. The molecule has 0 aliphatic rings. The Morgan fingerprint density at radius 3 is 2.68 bits per heavy atom. The molecule has 0 bridgehead atoms. The van der Waals surface area contributed by atoms with Gasteiger partial charge in [-0.3, -0.25) is 4.79 Å². The molecule has 136 valence electrons. The van der Waals surface area contributed by atoms with Gasteiger partial charge in [-0.05, 0) is 55.0 Å². The molecule has 4 nitrogen and oxygen atoms in total. The zero-order valence-electron chi connectivity index (χ0n) is 15.4. The van der Waals surface area contributed by atoms with Crippen LogP contribution in [0.4, 0.5) is 0 Å². The SMILES string of the molecule is CCCCCOc1ccc(C(C)NC(=O)c2sccc2C)cc1OC. The molecule has 1 aromatic carbocycles. The van der Waals surface area contributed by atoms with Crippen LogP contribution in [0.2, 0.25) is 0 Å². The number of carbonyl (C=O) groups excluding carboxylic acids is 1. The van der Waals surface area contributed by atoms with Gasteiger partial charge in [0.25, 0.3) is 5.91 Å². The average molecular weight is 362 g/mol. The first-order chi connectivity index (χ1) is 12.1. The van der Waals surface area contributed by atoms with E-state index < -0.39 is 0 Å². The van der Waals surface area contributed by atoms with E-state index in [4.69, 9.17) is 9.47 Å². The van der Waals surface area contributed by atoms with Crippen LogP contribution in [0.1, 0.15) is 60.0 Å². The van der Waals surface area contributed by atoms with E-state index in [1.165, 1.54) is 17.8 Å². The second-order valence-corrected chi connectivity index (χ2v) is 7.01. The number of nitrogens with one attached hydrogen (secondary N) is 1.